The highest BCUT2D eigenvalue weighted by atomic mass is 32.1. The fourth-order valence-electron chi connectivity index (χ4n) is 3.46. The van der Waals surface area contributed by atoms with Gasteiger partial charge in [-0.3, -0.25) is 0 Å². The molecule has 0 atom stereocenters. The van der Waals surface area contributed by atoms with E-state index in [9.17, 15) is 0 Å². The summed E-state index contributed by atoms with van der Waals surface area (Å²) in [6, 6.07) is 24.3. The maximum absolute atomic E-state index is 3.96. The Hall–Kier alpha value is -2.90. The molecular formula is C26H22S. The van der Waals surface area contributed by atoms with Gasteiger partial charge in [0.1, 0.15) is 0 Å². The molecule has 0 aliphatic carbocycles. The molecule has 0 aliphatic heterocycles. The van der Waals surface area contributed by atoms with Gasteiger partial charge in [0.25, 0.3) is 0 Å². The Morgan fingerprint density at radius 2 is 1.70 bits per heavy atom. The van der Waals surface area contributed by atoms with Crippen LogP contribution in [-0.2, 0) is 6.42 Å². The van der Waals surface area contributed by atoms with Crippen molar-refractivity contribution < 1.29 is 0 Å². The first-order chi connectivity index (χ1) is 13.3. The fraction of sp³-hybridized carbons (Fsp3) is 0.0769. The summed E-state index contributed by atoms with van der Waals surface area (Å²) in [6.07, 6.45) is 9.05. The van der Waals surface area contributed by atoms with Crippen molar-refractivity contribution in [3.8, 4) is 0 Å². The lowest BCUT2D eigenvalue weighted by atomic mass is 9.98. The second-order valence-corrected chi connectivity index (χ2v) is 7.74. The van der Waals surface area contributed by atoms with E-state index < -0.39 is 0 Å². The monoisotopic (exact) mass is 366 g/mol. The minimum absolute atomic E-state index is 0.937. The lowest BCUT2D eigenvalue weighted by molar-refractivity contribution is 1.20. The lowest BCUT2D eigenvalue weighted by Gasteiger charge is -2.07. The zero-order valence-electron chi connectivity index (χ0n) is 15.5. The molecule has 0 nitrogen and oxygen atoms in total. The number of rotatable bonds is 5. The number of hydrogen-bond acceptors (Lipinski definition) is 1. The molecule has 0 saturated carbocycles. The van der Waals surface area contributed by atoms with Crippen molar-refractivity contribution in [2.45, 2.75) is 13.3 Å². The van der Waals surface area contributed by atoms with E-state index in [1.54, 1.807) is 0 Å². The van der Waals surface area contributed by atoms with Gasteiger partial charge in [-0.2, -0.15) is 0 Å². The Morgan fingerprint density at radius 1 is 0.889 bits per heavy atom. The molecule has 0 spiro atoms. The third kappa shape index (κ3) is 3.65. The fourth-order valence-corrected chi connectivity index (χ4v) is 4.63. The molecular weight excluding hydrogens is 344 g/mol. The summed E-state index contributed by atoms with van der Waals surface area (Å²) in [4.78, 5) is 0. The van der Waals surface area contributed by atoms with E-state index >= 15 is 0 Å². The molecule has 27 heavy (non-hydrogen) atoms. The quantitative estimate of drug-likeness (QED) is 0.316. The summed E-state index contributed by atoms with van der Waals surface area (Å²) in [5.41, 5.74) is 5.03. The van der Waals surface area contributed by atoms with Gasteiger partial charge in [0, 0.05) is 20.2 Å². The van der Waals surface area contributed by atoms with Gasteiger partial charge in [-0.25, -0.2) is 0 Å². The molecule has 1 heterocycles. The summed E-state index contributed by atoms with van der Waals surface area (Å²) in [6.45, 7) is 5.98. The van der Waals surface area contributed by atoms with Crippen LogP contribution in [-0.4, -0.2) is 0 Å². The first-order valence-corrected chi connectivity index (χ1v) is 10.0. The molecule has 0 aliphatic rings. The summed E-state index contributed by atoms with van der Waals surface area (Å²) in [5, 5.41) is 2.71. The molecule has 132 valence electrons. The van der Waals surface area contributed by atoms with E-state index in [0.717, 1.165) is 12.0 Å². The second-order valence-electron chi connectivity index (χ2n) is 6.66. The van der Waals surface area contributed by atoms with Crippen molar-refractivity contribution in [3.63, 3.8) is 0 Å². The topological polar surface area (TPSA) is 0 Å². The minimum atomic E-state index is 0.937. The van der Waals surface area contributed by atoms with Crippen LogP contribution >= 0.6 is 11.3 Å². The van der Waals surface area contributed by atoms with Gasteiger partial charge in [-0.05, 0) is 47.7 Å². The zero-order chi connectivity index (χ0) is 18.6. The molecule has 0 N–H and O–H groups in total. The molecule has 0 fully saturated rings. The summed E-state index contributed by atoms with van der Waals surface area (Å²) >= 11 is 1.88. The van der Waals surface area contributed by atoms with Crippen LogP contribution in [0.5, 0.6) is 0 Å². The Balaban J connectivity index is 1.67. The first kappa shape index (κ1) is 17.5. The molecule has 0 radical (unpaired) electrons. The van der Waals surface area contributed by atoms with Crippen molar-refractivity contribution in [2.24, 2.45) is 0 Å². The maximum atomic E-state index is 3.96. The van der Waals surface area contributed by atoms with Crippen molar-refractivity contribution in [1.29, 1.82) is 0 Å². The molecule has 3 aromatic carbocycles. The molecule has 0 amide bonds. The van der Waals surface area contributed by atoms with Crippen LogP contribution in [0.3, 0.4) is 0 Å². The smallest absolute Gasteiger partial charge is 0.0358 e. The molecule has 0 bridgehead atoms. The van der Waals surface area contributed by atoms with Crippen molar-refractivity contribution in [1.82, 2.24) is 0 Å². The predicted molar refractivity (Wildman–Crippen MR) is 122 cm³/mol. The highest BCUT2D eigenvalue weighted by Crippen LogP contribution is 2.34. The Labute approximate surface area is 164 Å². The lowest BCUT2D eigenvalue weighted by Crippen LogP contribution is -1.90. The molecule has 0 unspecified atom stereocenters. The number of thiophene rings is 1. The van der Waals surface area contributed by atoms with Gasteiger partial charge < -0.3 is 0 Å². The van der Waals surface area contributed by atoms with Gasteiger partial charge in [0.2, 0.25) is 0 Å². The predicted octanol–water partition coefficient (Wildman–Crippen LogP) is 7.79. The third-order valence-corrected chi connectivity index (χ3v) is 5.93. The minimum Gasteiger partial charge on any atom is -0.135 e. The molecule has 1 aromatic heterocycles. The second kappa shape index (κ2) is 7.77. The van der Waals surface area contributed by atoms with Crippen molar-refractivity contribution in [3.05, 3.63) is 114 Å². The van der Waals surface area contributed by atoms with Crippen LogP contribution in [0.15, 0.2) is 97.6 Å². The highest BCUT2D eigenvalue weighted by molar-refractivity contribution is 7.25. The molecule has 4 rings (SSSR count). The standard InChI is InChI=1S/C26H22S/c1-3-5-10-21(4-2)22-11-8-9-19(17-22)16-20-14-15-24-23-12-6-7-13-25(23)27-26(24)18-20/h3-15,17-18H,2,16H2,1H3/b5-3-,21-10+. The summed E-state index contributed by atoms with van der Waals surface area (Å²) in [7, 11) is 0. The van der Waals surface area contributed by atoms with Gasteiger partial charge in [0.05, 0.1) is 0 Å². The number of fused-ring (bicyclic) bond motifs is 3. The van der Waals surface area contributed by atoms with E-state index in [0.29, 0.717) is 0 Å². The first-order valence-electron chi connectivity index (χ1n) is 9.23. The third-order valence-electron chi connectivity index (χ3n) is 4.80. The van der Waals surface area contributed by atoms with Crippen LogP contribution in [0.2, 0.25) is 0 Å². The largest absolute Gasteiger partial charge is 0.135 e. The normalized spacial score (nSPS) is 12.3. The average Bonchev–Trinajstić information content (AvgIpc) is 3.06. The number of allylic oxidation sites excluding steroid dienone is 5. The van der Waals surface area contributed by atoms with E-state index in [4.69, 9.17) is 0 Å². The Kier molecular flexibility index (Phi) is 5.04. The SMILES string of the molecule is C=C/C(=C\C=C/C)c1cccc(Cc2ccc3c(c2)sc2ccccc23)c1. The van der Waals surface area contributed by atoms with Crippen LogP contribution in [0, 0.1) is 0 Å². The molecule has 0 saturated heterocycles. The maximum Gasteiger partial charge on any atom is 0.0358 e. The van der Waals surface area contributed by atoms with Crippen LogP contribution in [0.4, 0.5) is 0 Å². The van der Waals surface area contributed by atoms with Crippen LogP contribution in [0.25, 0.3) is 25.7 Å². The van der Waals surface area contributed by atoms with Gasteiger partial charge in [0.15, 0.2) is 0 Å². The van der Waals surface area contributed by atoms with Gasteiger partial charge >= 0.3 is 0 Å². The number of hydrogen-bond donors (Lipinski definition) is 0. The zero-order valence-corrected chi connectivity index (χ0v) is 16.3. The van der Waals surface area contributed by atoms with E-state index in [1.807, 2.05) is 30.4 Å². The van der Waals surface area contributed by atoms with Crippen LogP contribution < -0.4 is 0 Å². The Bertz CT molecular complexity index is 1170. The van der Waals surface area contributed by atoms with E-state index in [-0.39, 0.29) is 0 Å². The van der Waals surface area contributed by atoms with E-state index in [2.05, 4.69) is 85.5 Å². The van der Waals surface area contributed by atoms with Gasteiger partial charge in [-0.15, -0.1) is 11.3 Å². The summed E-state index contributed by atoms with van der Waals surface area (Å²) < 4.78 is 2.72. The molecule has 1 heteroatoms. The van der Waals surface area contributed by atoms with E-state index in [1.165, 1.54) is 36.9 Å². The summed E-state index contributed by atoms with van der Waals surface area (Å²) in [5.74, 6) is 0. The Morgan fingerprint density at radius 3 is 2.56 bits per heavy atom. The van der Waals surface area contributed by atoms with Crippen molar-refractivity contribution >= 4 is 37.1 Å². The van der Waals surface area contributed by atoms with Crippen LogP contribution in [0.1, 0.15) is 23.6 Å². The molecule has 4 aromatic rings. The van der Waals surface area contributed by atoms with Crippen molar-refractivity contribution in [2.75, 3.05) is 0 Å². The van der Waals surface area contributed by atoms with Gasteiger partial charge in [-0.1, -0.05) is 85.5 Å². The number of benzene rings is 3. The highest BCUT2D eigenvalue weighted by Gasteiger charge is 2.06. The average molecular weight is 367 g/mol.